The molecule has 0 saturated heterocycles. The van der Waals surface area contributed by atoms with E-state index in [9.17, 15) is 4.79 Å². The van der Waals surface area contributed by atoms with Crippen molar-refractivity contribution >= 4 is 15.1 Å². The average Bonchev–Trinajstić information content (AvgIpc) is 2.62. The topological polar surface area (TPSA) is 43.4 Å². The second-order valence-electron chi connectivity index (χ2n) is 6.06. The Balaban J connectivity index is 0.00000254. The molecule has 1 aromatic rings. The molecule has 3 nitrogen and oxygen atoms in total. The number of unbranched alkanes of at least 4 members (excludes halogenated alkanes) is 9. The number of carbonyl (C=O) groups excluding carboxylic acids is 1. The SMILES string of the molecule is CCCCCCCCCCCCOC(=O)Cc1ccccc1.O=[PH2+]. The van der Waals surface area contributed by atoms with Crippen LogP contribution in [0.15, 0.2) is 30.3 Å². The molecule has 1 unspecified atom stereocenters. The van der Waals surface area contributed by atoms with Crippen LogP contribution >= 0.6 is 9.12 Å². The van der Waals surface area contributed by atoms with Crippen LogP contribution in [0, 0.1) is 0 Å². The van der Waals surface area contributed by atoms with E-state index in [2.05, 4.69) is 6.92 Å². The van der Waals surface area contributed by atoms with Crippen LogP contribution < -0.4 is 0 Å². The van der Waals surface area contributed by atoms with Gasteiger partial charge in [0, 0.05) is 0 Å². The molecule has 0 N–H and O–H groups in total. The van der Waals surface area contributed by atoms with Gasteiger partial charge in [-0.3, -0.25) is 4.79 Å². The summed E-state index contributed by atoms with van der Waals surface area (Å²) in [5, 5.41) is 0. The Kier molecular flexibility index (Phi) is 17.2. The number of ether oxygens (including phenoxy) is 1. The number of rotatable bonds is 13. The summed E-state index contributed by atoms with van der Waals surface area (Å²) in [7, 11) is 1.17. The Morgan fingerprint density at radius 2 is 1.33 bits per heavy atom. The highest BCUT2D eigenvalue weighted by Gasteiger charge is 2.03. The number of hydrogen-bond acceptors (Lipinski definition) is 3. The molecule has 0 spiro atoms. The molecule has 0 fully saturated rings. The third-order valence-corrected chi connectivity index (χ3v) is 3.95. The summed E-state index contributed by atoms with van der Waals surface area (Å²) in [5.41, 5.74) is 1.02. The number of esters is 1. The molecule has 4 heteroatoms. The van der Waals surface area contributed by atoms with Gasteiger partial charge in [-0.25, -0.2) is 0 Å². The highest BCUT2D eigenvalue weighted by Crippen LogP contribution is 2.10. The standard InChI is InChI=1S/C20H32O2.H2OP/c1-2-3-4-5-6-7-8-9-10-14-17-22-20(21)18-19-15-12-11-13-16-19;1-2/h11-13,15-16H,2-10,14,17-18H2,1H3;2H2/q;+1. The summed E-state index contributed by atoms with van der Waals surface area (Å²) in [5.74, 6) is -0.109. The maximum Gasteiger partial charge on any atom is 0.310 e. The normalized spacial score (nSPS) is 9.88. The Morgan fingerprint density at radius 3 is 1.88 bits per heavy atom. The van der Waals surface area contributed by atoms with Gasteiger partial charge in [0.1, 0.15) is 0 Å². The molecule has 136 valence electrons. The van der Waals surface area contributed by atoms with E-state index in [1.165, 1.54) is 66.9 Å². The van der Waals surface area contributed by atoms with Crippen LogP contribution in [0.2, 0.25) is 0 Å². The zero-order chi connectivity index (χ0) is 17.9. The van der Waals surface area contributed by atoms with E-state index >= 15 is 0 Å². The fourth-order valence-corrected chi connectivity index (χ4v) is 2.59. The molecule has 0 radical (unpaired) electrons. The third kappa shape index (κ3) is 14.4. The second-order valence-corrected chi connectivity index (χ2v) is 6.06. The van der Waals surface area contributed by atoms with Crippen molar-refractivity contribution in [1.82, 2.24) is 0 Å². The molecule has 0 amide bonds. The van der Waals surface area contributed by atoms with Crippen LogP contribution in [0.3, 0.4) is 0 Å². The summed E-state index contributed by atoms with van der Waals surface area (Å²) in [6, 6.07) is 9.78. The monoisotopic (exact) mass is 353 g/mol. The van der Waals surface area contributed by atoms with Gasteiger partial charge >= 0.3 is 15.1 Å². The second kappa shape index (κ2) is 18.1. The molecule has 0 heterocycles. The van der Waals surface area contributed by atoms with Crippen LogP contribution in [0.4, 0.5) is 0 Å². The number of carbonyl (C=O) groups is 1. The van der Waals surface area contributed by atoms with E-state index in [1.54, 1.807) is 0 Å². The van der Waals surface area contributed by atoms with E-state index in [1.807, 2.05) is 30.3 Å². The van der Waals surface area contributed by atoms with Crippen molar-refractivity contribution in [2.75, 3.05) is 6.61 Å². The van der Waals surface area contributed by atoms with Gasteiger partial charge < -0.3 is 4.74 Å². The summed E-state index contributed by atoms with van der Waals surface area (Å²) >= 11 is 0. The van der Waals surface area contributed by atoms with Crippen LogP contribution in [0.1, 0.15) is 76.7 Å². The van der Waals surface area contributed by atoms with Crippen molar-refractivity contribution in [3.8, 4) is 0 Å². The molecule has 0 saturated carbocycles. The molecular weight excluding hydrogens is 319 g/mol. The van der Waals surface area contributed by atoms with Crippen molar-refractivity contribution < 1.29 is 14.1 Å². The first-order valence-electron chi connectivity index (χ1n) is 9.26. The predicted octanol–water partition coefficient (Wildman–Crippen LogP) is 5.90. The molecule has 0 bridgehead atoms. The minimum absolute atomic E-state index is 0.109. The Morgan fingerprint density at radius 1 is 0.833 bits per heavy atom. The average molecular weight is 353 g/mol. The summed E-state index contributed by atoms with van der Waals surface area (Å²) in [6.45, 7) is 2.83. The Bertz CT molecular complexity index is 395. The lowest BCUT2D eigenvalue weighted by Gasteiger charge is -2.05. The van der Waals surface area contributed by atoms with Crippen molar-refractivity contribution in [2.24, 2.45) is 0 Å². The fraction of sp³-hybridized carbons (Fsp3) is 0.650. The molecule has 24 heavy (non-hydrogen) atoms. The predicted molar refractivity (Wildman–Crippen MR) is 103 cm³/mol. The lowest BCUT2D eigenvalue weighted by atomic mass is 10.1. The van der Waals surface area contributed by atoms with Crippen LogP contribution in [-0.4, -0.2) is 12.6 Å². The van der Waals surface area contributed by atoms with E-state index in [0.29, 0.717) is 13.0 Å². The van der Waals surface area contributed by atoms with Gasteiger partial charge in [0.15, 0.2) is 0 Å². The minimum atomic E-state index is -0.109. The fourth-order valence-electron chi connectivity index (χ4n) is 2.59. The molecule has 0 aliphatic rings. The smallest absolute Gasteiger partial charge is 0.310 e. The van der Waals surface area contributed by atoms with Crippen LogP contribution in [0.25, 0.3) is 0 Å². The van der Waals surface area contributed by atoms with E-state index in [-0.39, 0.29) is 5.97 Å². The van der Waals surface area contributed by atoms with Crippen LogP contribution in [-0.2, 0) is 20.5 Å². The molecular formula is C20H34O3P+. The maximum absolute atomic E-state index is 11.7. The van der Waals surface area contributed by atoms with Gasteiger partial charge in [-0.2, -0.15) is 0 Å². The van der Waals surface area contributed by atoms with Gasteiger partial charge in [0.25, 0.3) is 0 Å². The van der Waals surface area contributed by atoms with Crippen molar-refractivity contribution in [2.45, 2.75) is 77.6 Å². The van der Waals surface area contributed by atoms with Gasteiger partial charge in [-0.05, 0) is 12.0 Å². The van der Waals surface area contributed by atoms with Crippen molar-refractivity contribution in [3.05, 3.63) is 35.9 Å². The molecule has 0 aliphatic carbocycles. The van der Waals surface area contributed by atoms with E-state index in [0.717, 1.165) is 12.0 Å². The Labute approximate surface area is 149 Å². The molecule has 0 aliphatic heterocycles. The molecule has 0 aromatic heterocycles. The zero-order valence-corrected chi connectivity index (χ0v) is 16.3. The maximum atomic E-state index is 11.7. The van der Waals surface area contributed by atoms with Crippen LogP contribution in [0.5, 0.6) is 0 Å². The largest absolute Gasteiger partial charge is 0.465 e. The zero-order valence-electron chi connectivity index (χ0n) is 15.2. The lowest BCUT2D eigenvalue weighted by molar-refractivity contribution is -0.142. The summed E-state index contributed by atoms with van der Waals surface area (Å²) in [6.07, 6.45) is 13.4. The van der Waals surface area contributed by atoms with Gasteiger partial charge in [0.05, 0.1) is 13.0 Å². The Hall–Kier alpha value is -1.21. The van der Waals surface area contributed by atoms with Gasteiger partial charge in [0.2, 0.25) is 0 Å². The van der Waals surface area contributed by atoms with E-state index in [4.69, 9.17) is 9.30 Å². The quantitative estimate of drug-likeness (QED) is 0.252. The lowest BCUT2D eigenvalue weighted by Crippen LogP contribution is -2.08. The third-order valence-electron chi connectivity index (χ3n) is 3.95. The minimum Gasteiger partial charge on any atom is -0.465 e. The molecule has 1 rings (SSSR count). The first kappa shape index (κ1) is 22.8. The molecule has 1 atom stereocenters. The first-order chi connectivity index (χ1) is 11.8. The number of benzene rings is 1. The van der Waals surface area contributed by atoms with Gasteiger partial charge in [-0.15, -0.1) is 0 Å². The van der Waals surface area contributed by atoms with Gasteiger partial charge in [-0.1, -0.05) is 99.6 Å². The van der Waals surface area contributed by atoms with Crippen molar-refractivity contribution in [3.63, 3.8) is 0 Å². The molecule has 1 aromatic carbocycles. The highest BCUT2D eigenvalue weighted by molar-refractivity contribution is 7.00. The van der Waals surface area contributed by atoms with Crippen molar-refractivity contribution in [1.29, 1.82) is 0 Å². The highest BCUT2D eigenvalue weighted by atomic mass is 31.0. The summed E-state index contributed by atoms with van der Waals surface area (Å²) < 4.78 is 13.4. The van der Waals surface area contributed by atoms with E-state index < -0.39 is 0 Å². The number of hydrogen-bond donors (Lipinski definition) is 0. The first-order valence-corrected chi connectivity index (χ1v) is 9.73. The summed E-state index contributed by atoms with van der Waals surface area (Å²) in [4.78, 5) is 11.7.